The molecule has 1 saturated heterocycles. The van der Waals surface area contributed by atoms with Crippen LogP contribution in [0.3, 0.4) is 0 Å². The molecule has 228 valence electrons. The molecule has 2 heterocycles. The first-order valence-corrected chi connectivity index (χ1v) is 15.3. The number of benzene rings is 2. The first-order valence-electron chi connectivity index (χ1n) is 14.2. The zero-order valence-electron chi connectivity index (χ0n) is 24.4. The highest BCUT2D eigenvalue weighted by Crippen LogP contribution is 2.52. The lowest BCUT2D eigenvalue weighted by atomic mass is 9.73. The van der Waals surface area contributed by atoms with E-state index in [9.17, 15) is 22.5 Å². The van der Waals surface area contributed by atoms with Gasteiger partial charge in [-0.05, 0) is 80.7 Å². The Morgan fingerprint density at radius 1 is 1.14 bits per heavy atom. The van der Waals surface area contributed by atoms with Crippen LogP contribution in [0.25, 0.3) is 0 Å². The minimum atomic E-state index is -4.45. The maximum atomic E-state index is 13.2. The first kappa shape index (κ1) is 31.0. The second-order valence-corrected chi connectivity index (χ2v) is 14.0. The molecule has 1 aromatic heterocycles. The van der Waals surface area contributed by atoms with Gasteiger partial charge in [-0.3, -0.25) is 0 Å². The number of aliphatic hydroxyl groups is 1. The Kier molecular flexibility index (Phi) is 8.84. The Labute approximate surface area is 252 Å². The molecule has 1 fully saturated rings. The van der Waals surface area contributed by atoms with Crippen molar-refractivity contribution in [2.45, 2.75) is 63.6 Å². The SMILES string of the molecule is CC(C)(C)S(=O)N[C@@H]1c2ccccc2CC12CCN(c1ncc(C#CCOc3cccc(C(F)(F)F)c3)nc1CO)CC2. The predicted octanol–water partition coefficient (Wildman–Crippen LogP) is 5.35. The second kappa shape index (κ2) is 12.3. The number of aromatic nitrogens is 2. The fourth-order valence-electron chi connectivity index (χ4n) is 5.75. The van der Waals surface area contributed by atoms with Gasteiger partial charge in [0.1, 0.15) is 23.7 Å². The van der Waals surface area contributed by atoms with Crippen LogP contribution in [0.4, 0.5) is 19.0 Å². The Hall–Kier alpha value is -3.46. The van der Waals surface area contributed by atoms with Crippen LogP contribution in [0, 0.1) is 17.3 Å². The van der Waals surface area contributed by atoms with Crippen LogP contribution in [-0.2, 0) is 30.2 Å². The molecule has 2 N–H and O–H groups in total. The summed E-state index contributed by atoms with van der Waals surface area (Å²) in [5.74, 6) is 6.23. The van der Waals surface area contributed by atoms with E-state index in [0.29, 0.717) is 30.3 Å². The molecule has 2 atom stereocenters. The van der Waals surface area contributed by atoms with E-state index in [4.69, 9.17) is 4.74 Å². The van der Waals surface area contributed by atoms with E-state index in [0.717, 1.165) is 31.4 Å². The molecule has 1 aliphatic carbocycles. The van der Waals surface area contributed by atoms with Crippen molar-refractivity contribution in [2.75, 3.05) is 24.6 Å². The monoisotopic (exact) mass is 612 g/mol. The number of ether oxygens (including phenoxy) is 1. The zero-order valence-corrected chi connectivity index (χ0v) is 25.2. The van der Waals surface area contributed by atoms with Gasteiger partial charge in [-0.25, -0.2) is 18.9 Å². The van der Waals surface area contributed by atoms with E-state index >= 15 is 0 Å². The average Bonchev–Trinajstić information content (AvgIpc) is 3.27. The van der Waals surface area contributed by atoms with Crippen molar-refractivity contribution in [1.82, 2.24) is 14.7 Å². The van der Waals surface area contributed by atoms with Crippen LogP contribution in [0.5, 0.6) is 5.75 Å². The molecular formula is C32H35F3N4O3S. The lowest BCUT2D eigenvalue weighted by Crippen LogP contribution is -2.48. The van der Waals surface area contributed by atoms with Gasteiger partial charge in [-0.2, -0.15) is 13.2 Å². The summed E-state index contributed by atoms with van der Waals surface area (Å²) in [5, 5.41) is 10.1. The normalized spacial score (nSPS) is 18.6. The van der Waals surface area contributed by atoms with E-state index in [1.54, 1.807) is 0 Å². The molecule has 1 spiro atoms. The summed E-state index contributed by atoms with van der Waals surface area (Å²) in [6.07, 6.45) is -0.321. The van der Waals surface area contributed by atoms with Crippen LogP contribution in [0.2, 0.25) is 0 Å². The Balaban J connectivity index is 1.26. The third-order valence-corrected chi connectivity index (χ3v) is 9.58. The van der Waals surface area contributed by atoms with E-state index in [1.165, 1.54) is 29.5 Å². The number of fused-ring (bicyclic) bond motifs is 1. The minimum absolute atomic E-state index is 0.0230. The van der Waals surface area contributed by atoms with Gasteiger partial charge in [0, 0.05) is 13.1 Å². The second-order valence-electron chi connectivity index (χ2n) is 12.0. The minimum Gasteiger partial charge on any atom is -0.481 e. The summed E-state index contributed by atoms with van der Waals surface area (Å²) in [5.41, 5.74) is 2.35. The lowest BCUT2D eigenvalue weighted by molar-refractivity contribution is -0.137. The van der Waals surface area contributed by atoms with Gasteiger partial charge >= 0.3 is 6.18 Å². The van der Waals surface area contributed by atoms with E-state index in [1.807, 2.05) is 26.8 Å². The quantitative estimate of drug-likeness (QED) is 0.365. The fraction of sp³-hybridized carbons (Fsp3) is 0.438. The first-order chi connectivity index (χ1) is 20.4. The van der Waals surface area contributed by atoms with Crippen LogP contribution < -0.4 is 14.4 Å². The summed E-state index contributed by atoms with van der Waals surface area (Å²) in [6, 6.07) is 13.0. The molecular weight excluding hydrogens is 577 g/mol. The molecule has 0 bridgehead atoms. The summed E-state index contributed by atoms with van der Waals surface area (Å²) in [4.78, 5) is 11.2. The highest BCUT2D eigenvalue weighted by atomic mass is 32.2. The molecule has 3 aromatic rings. The standard InChI is InChI=1S/C32H35F3N4O3S/c1-30(2,3)43(41)38-28-26-12-5-4-8-22(26)19-31(28)13-15-39(16-14-31)29-27(21-40)37-24(20-36-29)10-7-17-42-25-11-6-9-23(18-25)32(33,34)35/h4-6,8-9,11-12,18,20,28,38,40H,13-17,19,21H2,1-3H3/t28-,43?/m1/s1. The van der Waals surface area contributed by atoms with Crippen molar-refractivity contribution in [1.29, 1.82) is 0 Å². The maximum absolute atomic E-state index is 13.2. The van der Waals surface area contributed by atoms with Gasteiger partial charge in [-0.15, -0.1) is 0 Å². The van der Waals surface area contributed by atoms with Crippen LogP contribution in [0.15, 0.2) is 54.7 Å². The lowest BCUT2D eigenvalue weighted by Gasteiger charge is -2.44. The topological polar surface area (TPSA) is 87.6 Å². The molecule has 0 radical (unpaired) electrons. The highest BCUT2D eigenvalue weighted by molar-refractivity contribution is 7.84. The zero-order chi connectivity index (χ0) is 30.8. The average molecular weight is 613 g/mol. The number of alkyl halides is 3. The largest absolute Gasteiger partial charge is 0.481 e. The van der Waals surface area contributed by atoms with Crippen LogP contribution in [-0.4, -0.2) is 43.7 Å². The smallest absolute Gasteiger partial charge is 0.416 e. The molecule has 1 unspecified atom stereocenters. The number of hydrogen-bond acceptors (Lipinski definition) is 6. The van der Waals surface area contributed by atoms with E-state index < -0.39 is 22.7 Å². The number of anilines is 1. The fourth-order valence-corrected chi connectivity index (χ4v) is 6.69. The van der Waals surface area contributed by atoms with Gasteiger partial charge in [0.05, 0.1) is 40.1 Å². The number of piperidine rings is 1. The molecule has 43 heavy (non-hydrogen) atoms. The molecule has 1 aliphatic heterocycles. The summed E-state index contributed by atoms with van der Waals surface area (Å²) in [6.45, 7) is 6.86. The van der Waals surface area contributed by atoms with Gasteiger partial charge in [0.25, 0.3) is 0 Å². The van der Waals surface area contributed by atoms with Crippen LogP contribution in [0.1, 0.15) is 67.7 Å². The van der Waals surface area contributed by atoms with Crippen molar-refractivity contribution in [3.63, 3.8) is 0 Å². The Morgan fingerprint density at radius 3 is 2.58 bits per heavy atom. The molecule has 0 amide bonds. The molecule has 11 heteroatoms. The number of halogens is 3. The summed E-state index contributed by atoms with van der Waals surface area (Å²) in [7, 11) is -1.22. The van der Waals surface area contributed by atoms with Gasteiger partial charge < -0.3 is 14.7 Å². The third-order valence-electron chi connectivity index (χ3n) is 8.02. The Bertz CT molecular complexity index is 1550. The van der Waals surface area contributed by atoms with E-state index in [-0.39, 0.29) is 35.2 Å². The predicted molar refractivity (Wildman–Crippen MR) is 160 cm³/mol. The third kappa shape index (κ3) is 6.87. The molecule has 7 nitrogen and oxygen atoms in total. The number of nitrogens with one attached hydrogen (secondary N) is 1. The number of hydrogen-bond donors (Lipinski definition) is 2. The van der Waals surface area contributed by atoms with Crippen molar-refractivity contribution in [2.24, 2.45) is 5.41 Å². The molecule has 2 aromatic carbocycles. The molecule has 0 saturated carbocycles. The summed E-state index contributed by atoms with van der Waals surface area (Å²) >= 11 is 0. The summed E-state index contributed by atoms with van der Waals surface area (Å²) < 4.78 is 60.3. The molecule has 5 rings (SSSR count). The van der Waals surface area contributed by atoms with Crippen molar-refractivity contribution in [3.8, 4) is 17.6 Å². The highest BCUT2D eigenvalue weighted by Gasteiger charge is 2.49. The van der Waals surface area contributed by atoms with Gasteiger partial charge in [0.15, 0.2) is 5.82 Å². The van der Waals surface area contributed by atoms with E-state index in [2.05, 4.69) is 49.6 Å². The van der Waals surface area contributed by atoms with Gasteiger partial charge in [-0.1, -0.05) is 36.3 Å². The van der Waals surface area contributed by atoms with Crippen molar-refractivity contribution in [3.05, 3.63) is 82.8 Å². The number of nitrogens with zero attached hydrogens (tertiary/aromatic N) is 3. The van der Waals surface area contributed by atoms with Gasteiger partial charge in [0.2, 0.25) is 0 Å². The van der Waals surface area contributed by atoms with Crippen molar-refractivity contribution >= 4 is 16.8 Å². The number of aliphatic hydroxyl groups excluding tert-OH is 1. The van der Waals surface area contributed by atoms with Crippen LogP contribution >= 0.6 is 0 Å². The number of rotatable bonds is 6. The molecule has 2 aliphatic rings. The Morgan fingerprint density at radius 2 is 1.88 bits per heavy atom. The van der Waals surface area contributed by atoms with Crippen molar-refractivity contribution < 1.29 is 27.2 Å². The maximum Gasteiger partial charge on any atom is 0.416 e.